The first-order chi connectivity index (χ1) is 22.2. The van der Waals surface area contributed by atoms with Gasteiger partial charge in [-0.3, -0.25) is 29.9 Å². The highest BCUT2D eigenvalue weighted by Crippen LogP contribution is 2.25. The lowest BCUT2D eigenvalue weighted by molar-refractivity contribution is -0.385. The minimum absolute atomic E-state index is 0.106. The molecule has 2 heterocycles. The third-order valence-corrected chi connectivity index (χ3v) is 7.02. The maximum atomic E-state index is 13.2. The van der Waals surface area contributed by atoms with Crippen LogP contribution in [0, 0.1) is 20.2 Å². The van der Waals surface area contributed by atoms with Gasteiger partial charge >= 0.3 is 24.4 Å². The van der Waals surface area contributed by atoms with E-state index < -0.39 is 58.3 Å². The van der Waals surface area contributed by atoms with E-state index in [9.17, 15) is 52.6 Å². The van der Waals surface area contributed by atoms with Crippen LogP contribution in [0.5, 0.6) is 0 Å². The minimum atomic E-state index is -5.21. The molecule has 2 aromatic rings. The summed E-state index contributed by atoms with van der Waals surface area (Å²) in [5.74, 6) is -3.17. The summed E-state index contributed by atoms with van der Waals surface area (Å²) < 4.78 is 53.2. The Kier molecular flexibility index (Phi) is 10.7. The van der Waals surface area contributed by atoms with E-state index in [0.717, 1.165) is 9.96 Å². The van der Waals surface area contributed by atoms with E-state index in [0.29, 0.717) is 11.1 Å². The summed E-state index contributed by atoms with van der Waals surface area (Å²) in [4.78, 5) is 75.6. The first-order valence-electron chi connectivity index (χ1n) is 13.8. The highest BCUT2D eigenvalue weighted by atomic mass is 19.4. The fraction of sp³-hybridized carbons (Fsp3) is 0.407. The van der Waals surface area contributed by atoms with Crippen LogP contribution in [0.25, 0.3) is 0 Å². The predicted octanol–water partition coefficient (Wildman–Crippen LogP) is 3.15. The predicted molar refractivity (Wildman–Crippen MR) is 147 cm³/mol. The van der Waals surface area contributed by atoms with Gasteiger partial charge in [-0.2, -0.15) is 13.2 Å². The number of benzene rings is 2. The molecular weight excluding hydrogens is 643 g/mol. The Hall–Kier alpha value is -5.53. The zero-order chi connectivity index (χ0) is 34.3. The molecule has 3 atom stereocenters. The Labute approximate surface area is 262 Å². The Morgan fingerprint density at radius 1 is 0.872 bits per heavy atom. The number of nitro benzene ring substituents is 2. The average Bonchev–Trinajstić information content (AvgIpc) is 3.65. The SMILES string of the molecule is O=C(OCc1ccc([N+](=O)[O-])cc1)O[C@@H]1C[C@@H](C(=O)N[C@H]2CCN(OC(=O)C(F)(F)F)C2)N(C(=O)OCc2ccc([N+](=O)[O-])cc2)C1. The summed E-state index contributed by atoms with van der Waals surface area (Å²) in [5.41, 5.74) is 0.459. The van der Waals surface area contributed by atoms with Crippen LogP contribution in [0.4, 0.5) is 34.1 Å². The van der Waals surface area contributed by atoms with Gasteiger partial charge in [0.1, 0.15) is 25.4 Å². The quantitative estimate of drug-likeness (QED) is 0.219. The lowest BCUT2D eigenvalue weighted by atomic mass is 10.1. The molecular formula is C27H26F3N5O12. The average molecular weight is 670 g/mol. The lowest BCUT2D eigenvalue weighted by Gasteiger charge is -2.24. The number of carbonyl (C=O) groups is 4. The number of likely N-dealkylation sites (tertiary alicyclic amines) is 1. The number of halogens is 3. The molecule has 0 unspecified atom stereocenters. The third kappa shape index (κ3) is 9.48. The number of hydrogen-bond donors (Lipinski definition) is 1. The number of nitrogens with zero attached hydrogens (tertiary/aromatic N) is 4. The maximum Gasteiger partial charge on any atom is 0.508 e. The number of nitro groups is 2. The van der Waals surface area contributed by atoms with E-state index in [1.165, 1.54) is 48.5 Å². The topological polar surface area (TPSA) is 210 Å². The van der Waals surface area contributed by atoms with Gasteiger partial charge in [-0.05, 0) is 41.8 Å². The minimum Gasteiger partial charge on any atom is -0.445 e. The van der Waals surface area contributed by atoms with Crippen LogP contribution in [0.3, 0.4) is 0 Å². The molecule has 0 saturated carbocycles. The third-order valence-electron chi connectivity index (χ3n) is 7.02. The molecule has 17 nitrogen and oxygen atoms in total. The molecule has 2 amide bonds. The second-order valence-electron chi connectivity index (χ2n) is 10.3. The van der Waals surface area contributed by atoms with Crippen molar-refractivity contribution < 1.29 is 61.2 Å². The maximum absolute atomic E-state index is 13.2. The number of hydrogen-bond acceptors (Lipinski definition) is 13. The highest BCUT2D eigenvalue weighted by Gasteiger charge is 2.45. The molecule has 0 bridgehead atoms. The molecule has 252 valence electrons. The monoisotopic (exact) mass is 669 g/mol. The number of rotatable bonds is 10. The Bertz CT molecular complexity index is 1510. The number of carbonyl (C=O) groups excluding carboxylic acids is 4. The Morgan fingerprint density at radius 2 is 1.43 bits per heavy atom. The van der Waals surface area contributed by atoms with Gasteiger partial charge in [0.25, 0.3) is 11.4 Å². The van der Waals surface area contributed by atoms with Crippen molar-refractivity contribution in [1.82, 2.24) is 15.3 Å². The number of non-ortho nitro benzene ring substituents is 2. The van der Waals surface area contributed by atoms with Crippen LogP contribution < -0.4 is 5.32 Å². The molecule has 0 aliphatic carbocycles. The van der Waals surface area contributed by atoms with E-state index in [4.69, 9.17) is 14.2 Å². The van der Waals surface area contributed by atoms with Gasteiger partial charge in [0.05, 0.1) is 22.9 Å². The first-order valence-corrected chi connectivity index (χ1v) is 13.8. The molecule has 0 spiro atoms. The van der Waals surface area contributed by atoms with Crippen molar-refractivity contribution in [3.8, 4) is 0 Å². The smallest absolute Gasteiger partial charge is 0.445 e. The van der Waals surface area contributed by atoms with Crippen molar-refractivity contribution in [3.63, 3.8) is 0 Å². The number of alkyl halides is 3. The van der Waals surface area contributed by atoms with Crippen LogP contribution in [0.15, 0.2) is 48.5 Å². The molecule has 2 aliphatic rings. The van der Waals surface area contributed by atoms with Crippen molar-refractivity contribution in [2.75, 3.05) is 19.6 Å². The molecule has 1 N–H and O–H groups in total. The summed E-state index contributed by atoms with van der Waals surface area (Å²) in [6.07, 6.45) is -8.53. The van der Waals surface area contributed by atoms with E-state index >= 15 is 0 Å². The van der Waals surface area contributed by atoms with Crippen LogP contribution in [-0.2, 0) is 41.9 Å². The normalized spacial score (nSPS) is 19.5. The van der Waals surface area contributed by atoms with Crippen molar-refractivity contribution >= 4 is 35.5 Å². The molecule has 0 aromatic heterocycles. The van der Waals surface area contributed by atoms with Crippen LogP contribution in [0.1, 0.15) is 24.0 Å². The molecule has 0 radical (unpaired) electrons. The van der Waals surface area contributed by atoms with E-state index in [-0.39, 0.29) is 57.1 Å². The summed E-state index contributed by atoms with van der Waals surface area (Å²) in [6, 6.07) is 8.30. The zero-order valence-corrected chi connectivity index (χ0v) is 24.1. The van der Waals surface area contributed by atoms with E-state index in [2.05, 4.69) is 10.2 Å². The zero-order valence-electron chi connectivity index (χ0n) is 24.1. The van der Waals surface area contributed by atoms with Gasteiger partial charge in [0.2, 0.25) is 5.91 Å². The van der Waals surface area contributed by atoms with Crippen LogP contribution >= 0.6 is 0 Å². The second-order valence-corrected chi connectivity index (χ2v) is 10.3. The molecule has 47 heavy (non-hydrogen) atoms. The summed E-state index contributed by atoms with van der Waals surface area (Å²) in [5, 5.41) is 25.0. The standard InChI is InChI=1S/C27H26F3N5O12/c28-27(29,30)24(37)47-32-10-9-18(12-32)31-23(36)22-11-21(46-26(39)45-15-17-3-7-20(8-4-17)35(42)43)13-33(22)25(38)44-14-16-1-5-19(6-2-16)34(40)41/h1-8,18,21-22H,9-15H2,(H,31,36)/t18-,21+,22-/m0/s1. The fourth-order valence-electron chi connectivity index (χ4n) is 4.70. The summed E-state index contributed by atoms with van der Waals surface area (Å²) in [6.45, 7) is -1.31. The molecule has 2 fully saturated rings. The van der Waals surface area contributed by atoms with E-state index in [1.807, 2.05) is 0 Å². The van der Waals surface area contributed by atoms with Gasteiger partial charge in [-0.15, -0.1) is 5.06 Å². The number of nitrogens with one attached hydrogen (secondary N) is 1. The molecule has 2 aliphatic heterocycles. The van der Waals surface area contributed by atoms with Crippen molar-refractivity contribution in [2.45, 2.75) is 50.4 Å². The van der Waals surface area contributed by atoms with Gasteiger partial charge in [-0.1, -0.05) is 0 Å². The Morgan fingerprint density at radius 3 is 1.96 bits per heavy atom. The number of ether oxygens (including phenoxy) is 3. The van der Waals surface area contributed by atoms with Gasteiger partial charge in [0.15, 0.2) is 0 Å². The van der Waals surface area contributed by atoms with Gasteiger partial charge in [-0.25, -0.2) is 14.4 Å². The van der Waals surface area contributed by atoms with Gasteiger partial charge < -0.3 is 24.4 Å². The lowest BCUT2D eigenvalue weighted by Crippen LogP contribution is -2.49. The fourth-order valence-corrected chi connectivity index (χ4v) is 4.70. The highest BCUT2D eigenvalue weighted by molar-refractivity contribution is 5.86. The summed E-state index contributed by atoms with van der Waals surface area (Å²) in [7, 11) is 0. The molecule has 20 heteroatoms. The van der Waals surface area contributed by atoms with Crippen molar-refractivity contribution in [1.29, 1.82) is 0 Å². The molecule has 2 saturated heterocycles. The number of amides is 2. The van der Waals surface area contributed by atoms with E-state index in [1.54, 1.807) is 0 Å². The molecule has 2 aromatic carbocycles. The van der Waals surface area contributed by atoms with Crippen molar-refractivity contribution in [2.24, 2.45) is 0 Å². The summed E-state index contributed by atoms with van der Waals surface area (Å²) >= 11 is 0. The second kappa shape index (κ2) is 14.7. The van der Waals surface area contributed by atoms with Crippen LogP contribution in [-0.4, -0.2) is 87.9 Å². The first kappa shape index (κ1) is 34.3. The molecule has 4 rings (SSSR count). The van der Waals surface area contributed by atoms with Gasteiger partial charge in [0, 0.05) is 43.3 Å². The number of hydroxylamine groups is 2. The van der Waals surface area contributed by atoms with Crippen molar-refractivity contribution in [3.05, 3.63) is 79.9 Å². The largest absolute Gasteiger partial charge is 0.508 e. The van der Waals surface area contributed by atoms with Crippen LogP contribution in [0.2, 0.25) is 0 Å². The Balaban J connectivity index is 1.37.